The highest BCUT2D eigenvalue weighted by molar-refractivity contribution is 7.89. The molecule has 0 spiro atoms. The van der Waals surface area contributed by atoms with E-state index in [1.54, 1.807) is 12.1 Å². The standard InChI is InChI=1S/C19H31NO4S/c1-17(2,3)24-16(21)19(6,7)13-18(4,5)12-14-8-10-15(11-9-14)25(20,22)23/h8-11H,12-13H2,1-7H3,(H2,20,22,23). The number of ether oxygens (including phenoxy) is 1. The molecule has 0 bridgehead atoms. The van der Waals surface area contributed by atoms with Crippen LogP contribution in [0.1, 0.15) is 60.5 Å². The molecule has 0 aliphatic heterocycles. The summed E-state index contributed by atoms with van der Waals surface area (Å²) in [6.45, 7) is 13.6. The van der Waals surface area contributed by atoms with E-state index in [4.69, 9.17) is 9.88 Å². The van der Waals surface area contributed by atoms with E-state index in [0.29, 0.717) is 12.8 Å². The Labute approximate surface area is 152 Å². The molecular formula is C19H31NO4S. The van der Waals surface area contributed by atoms with Crippen LogP contribution in [0.5, 0.6) is 0 Å². The molecule has 1 aromatic carbocycles. The lowest BCUT2D eigenvalue weighted by molar-refractivity contribution is -0.167. The highest BCUT2D eigenvalue weighted by atomic mass is 32.2. The summed E-state index contributed by atoms with van der Waals surface area (Å²) in [7, 11) is -3.68. The summed E-state index contributed by atoms with van der Waals surface area (Å²) in [5.41, 5.74) is -0.291. The van der Waals surface area contributed by atoms with Crippen molar-refractivity contribution < 1.29 is 17.9 Å². The Morgan fingerprint density at radius 2 is 1.48 bits per heavy atom. The van der Waals surface area contributed by atoms with Crippen molar-refractivity contribution in [2.24, 2.45) is 16.0 Å². The number of rotatable bonds is 6. The third-order valence-corrected chi connectivity index (χ3v) is 4.74. The minimum absolute atomic E-state index is 0.100. The molecule has 0 aromatic heterocycles. The quantitative estimate of drug-likeness (QED) is 0.775. The fraction of sp³-hybridized carbons (Fsp3) is 0.632. The van der Waals surface area contributed by atoms with Crippen LogP contribution in [0, 0.1) is 10.8 Å². The van der Waals surface area contributed by atoms with Crippen LogP contribution in [-0.4, -0.2) is 20.0 Å². The van der Waals surface area contributed by atoms with Gasteiger partial charge in [0.05, 0.1) is 10.3 Å². The average molecular weight is 370 g/mol. The number of benzene rings is 1. The second-order valence-electron chi connectivity index (χ2n) is 9.09. The summed E-state index contributed by atoms with van der Waals surface area (Å²) in [4.78, 5) is 12.6. The van der Waals surface area contributed by atoms with E-state index in [1.807, 2.05) is 34.6 Å². The second kappa shape index (κ2) is 7.08. The maximum Gasteiger partial charge on any atom is 0.312 e. The minimum atomic E-state index is -3.68. The van der Waals surface area contributed by atoms with Gasteiger partial charge in [-0.05, 0) is 70.6 Å². The molecule has 0 saturated carbocycles. The third-order valence-electron chi connectivity index (χ3n) is 3.81. The van der Waals surface area contributed by atoms with Crippen molar-refractivity contribution >= 4 is 16.0 Å². The molecule has 0 aliphatic rings. The predicted octanol–water partition coefficient (Wildman–Crippen LogP) is 3.66. The first-order valence-corrected chi connectivity index (χ1v) is 9.92. The van der Waals surface area contributed by atoms with Gasteiger partial charge in [-0.1, -0.05) is 26.0 Å². The van der Waals surface area contributed by atoms with Gasteiger partial charge in [0.25, 0.3) is 0 Å². The molecule has 0 heterocycles. The topological polar surface area (TPSA) is 86.5 Å². The monoisotopic (exact) mass is 369 g/mol. The predicted molar refractivity (Wildman–Crippen MR) is 99.5 cm³/mol. The van der Waals surface area contributed by atoms with Crippen molar-refractivity contribution in [2.75, 3.05) is 0 Å². The van der Waals surface area contributed by atoms with Crippen LogP contribution in [0.25, 0.3) is 0 Å². The molecule has 0 fully saturated rings. The molecule has 1 rings (SSSR count). The Hall–Kier alpha value is -1.40. The first kappa shape index (κ1) is 21.6. The number of hydrogen-bond donors (Lipinski definition) is 1. The summed E-state index contributed by atoms with van der Waals surface area (Å²) in [6.07, 6.45) is 1.36. The molecule has 1 aromatic rings. The number of hydrogen-bond acceptors (Lipinski definition) is 4. The molecule has 6 heteroatoms. The summed E-state index contributed by atoms with van der Waals surface area (Å²) in [5.74, 6) is -0.211. The van der Waals surface area contributed by atoms with Gasteiger partial charge in [-0.3, -0.25) is 4.79 Å². The SMILES string of the molecule is CC(C)(Cc1ccc(S(N)(=O)=O)cc1)CC(C)(C)C(=O)OC(C)(C)C. The van der Waals surface area contributed by atoms with E-state index >= 15 is 0 Å². The van der Waals surface area contributed by atoms with E-state index in [2.05, 4.69) is 13.8 Å². The molecule has 0 amide bonds. The summed E-state index contributed by atoms with van der Waals surface area (Å²) in [5, 5.41) is 5.12. The number of esters is 1. The van der Waals surface area contributed by atoms with E-state index in [0.717, 1.165) is 5.56 Å². The number of carbonyl (C=O) groups excluding carboxylic acids is 1. The highest BCUT2D eigenvalue weighted by Crippen LogP contribution is 2.38. The van der Waals surface area contributed by atoms with Gasteiger partial charge in [0, 0.05) is 0 Å². The molecule has 0 radical (unpaired) electrons. The zero-order valence-corrected chi connectivity index (χ0v) is 17.2. The third kappa shape index (κ3) is 7.16. The summed E-state index contributed by atoms with van der Waals surface area (Å²) >= 11 is 0. The van der Waals surface area contributed by atoms with Crippen LogP contribution in [0.2, 0.25) is 0 Å². The van der Waals surface area contributed by atoms with E-state index in [-0.39, 0.29) is 16.3 Å². The van der Waals surface area contributed by atoms with Crippen molar-refractivity contribution in [2.45, 2.75) is 71.8 Å². The Morgan fingerprint density at radius 3 is 1.88 bits per heavy atom. The van der Waals surface area contributed by atoms with Crippen LogP contribution in [-0.2, 0) is 26.0 Å². The highest BCUT2D eigenvalue weighted by Gasteiger charge is 2.37. The fourth-order valence-corrected chi connectivity index (χ4v) is 3.61. The molecule has 0 aliphatic carbocycles. The largest absolute Gasteiger partial charge is 0.460 e. The van der Waals surface area contributed by atoms with E-state index in [1.165, 1.54) is 12.1 Å². The Kier molecular flexibility index (Phi) is 6.13. The smallest absolute Gasteiger partial charge is 0.312 e. The van der Waals surface area contributed by atoms with Crippen molar-refractivity contribution in [3.8, 4) is 0 Å². The molecule has 0 unspecified atom stereocenters. The zero-order valence-electron chi connectivity index (χ0n) is 16.3. The molecular weight excluding hydrogens is 338 g/mol. The normalized spacial score (nSPS) is 13.6. The molecule has 5 nitrogen and oxygen atoms in total. The van der Waals surface area contributed by atoms with Crippen molar-refractivity contribution in [1.82, 2.24) is 0 Å². The van der Waals surface area contributed by atoms with Gasteiger partial charge in [0.15, 0.2) is 0 Å². The summed E-state index contributed by atoms with van der Waals surface area (Å²) < 4.78 is 28.2. The Bertz CT molecular complexity index is 711. The Morgan fingerprint density at radius 1 is 1.00 bits per heavy atom. The number of sulfonamides is 1. The lowest BCUT2D eigenvalue weighted by atomic mass is 9.72. The van der Waals surface area contributed by atoms with Gasteiger partial charge in [-0.25, -0.2) is 13.6 Å². The first-order valence-electron chi connectivity index (χ1n) is 8.37. The van der Waals surface area contributed by atoms with Gasteiger partial charge < -0.3 is 4.74 Å². The maximum absolute atomic E-state index is 12.5. The van der Waals surface area contributed by atoms with Crippen molar-refractivity contribution in [3.05, 3.63) is 29.8 Å². The van der Waals surface area contributed by atoms with Gasteiger partial charge in [-0.15, -0.1) is 0 Å². The Balaban J connectivity index is 2.85. The van der Waals surface area contributed by atoms with Gasteiger partial charge in [-0.2, -0.15) is 0 Å². The maximum atomic E-state index is 12.5. The van der Waals surface area contributed by atoms with E-state index in [9.17, 15) is 13.2 Å². The van der Waals surface area contributed by atoms with Crippen molar-refractivity contribution in [1.29, 1.82) is 0 Å². The number of carbonyl (C=O) groups is 1. The van der Waals surface area contributed by atoms with Gasteiger partial charge >= 0.3 is 5.97 Å². The first-order chi connectivity index (χ1) is 11.0. The van der Waals surface area contributed by atoms with Gasteiger partial charge in [0.2, 0.25) is 10.0 Å². The number of nitrogens with two attached hydrogens (primary N) is 1. The van der Waals surface area contributed by atoms with Crippen LogP contribution >= 0.6 is 0 Å². The van der Waals surface area contributed by atoms with Crippen LogP contribution < -0.4 is 5.14 Å². The number of primary sulfonamides is 1. The lowest BCUT2D eigenvalue weighted by Gasteiger charge is -2.35. The fourth-order valence-electron chi connectivity index (χ4n) is 3.10. The zero-order chi connectivity index (χ0) is 19.7. The molecule has 25 heavy (non-hydrogen) atoms. The average Bonchev–Trinajstić information content (AvgIpc) is 2.34. The second-order valence-corrected chi connectivity index (χ2v) is 10.7. The summed E-state index contributed by atoms with van der Waals surface area (Å²) in [6, 6.07) is 6.56. The molecule has 0 saturated heterocycles. The molecule has 0 atom stereocenters. The molecule has 2 N–H and O–H groups in total. The van der Waals surface area contributed by atoms with E-state index < -0.39 is 21.0 Å². The van der Waals surface area contributed by atoms with Crippen LogP contribution in [0.3, 0.4) is 0 Å². The lowest BCUT2D eigenvalue weighted by Crippen LogP contribution is -2.37. The van der Waals surface area contributed by atoms with Crippen molar-refractivity contribution in [3.63, 3.8) is 0 Å². The van der Waals surface area contributed by atoms with Gasteiger partial charge in [0.1, 0.15) is 5.60 Å². The van der Waals surface area contributed by atoms with Crippen LogP contribution in [0.15, 0.2) is 29.2 Å². The minimum Gasteiger partial charge on any atom is -0.460 e. The van der Waals surface area contributed by atoms with Crippen LogP contribution in [0.4, 0.5) is 0 Å². The molecule has 142 valence electrons.